The fourth-order valence-electron chi connectivity index (χ4n) is 0.787. The molecule has 1 rings (SSSR count). The van der Waals surface area contributed by atoms with Gasteiger partial charge in [0.05, 0.1) is 0 Å². The van der Waals surface area contributed by atoms with Crippen LogP contribution in [0, 0.1) is 0 Å². The molecule has 0 aliphatic rings. The van der Waals surface area contributed by atoms with Crippen LogP contribution >= 0.6 is 22.9 Å². The molecule has 0 aliphatic heterocycles. The first-order chi connectivity index (χ1) is 5.64. The molecule has 0 saturated heterocycles. The molecule has 1 heterocycles. The van der Waals surface area contributed by atoms with Crippen LogP contribution in [0.1, 0.15) is 18.7 Å². The van der Waals surface area contributed by atoms with Crippen molar-refractivity contribution < 1.29 is 0 Å². The van der Waals surface area contributed by atoms with Crippen LogP contribution in [0.2, 0.25) is 0 Å². The van der Waals surface area contributed by atoms with E-state index in [1.165, 1.54) is 4.88 Å². The van der Waals surface area contributed by atoms with Gasteiger partial charge in [-0.25, -0.2) is 0 Å². The third-order valence-corrected chi connectivity index (χ3v) is 3.20. The number of nitrogens with one attached hydrogen (secondary N) is 1. The molecule has 12 heavy (non-hydrogen) atoms. The van der Waals surface area contributed by atoms with Crippen LogP contribution < -0.4 is 5.32 Å². The van der Waals surface area contributed by atoms with Gasteiger partial charge in [-0.3, -0.25) is 0 Å². The highest BCUT2D eigenvalue weighted by molar-refractivity contribution is 7.09. The second-order valence-electron chi connectivity index (χ2n) is 3.45. The standard InChI is InChI=1S/C9H14ClNS/c1-9(2,7-10)11-6-8-4-3-5-12-8/h3-5,11H,6-7H2,1-2H3. The third-order valence-electron chi connectivity index (χ3n) is 1.66. The number of halogens is 1. The summed E-state index contributed by atoms with van der Waals surface area (Å²) in [6.07, 6.45) is 0. The summed E-state index contributed by atoms with van der Waals surface area (Å²) in [5.74, 6) is 0.637. The number of thiophene rings is 1. The summed E-state index contributed by atoms with van der Waals surface area (Å²) in [5, 5.41) is 5.48. The van der Waals surface area contributed by atoms with E-state index in [0.29, 0.717) is 5.88 Å². The lowest BCUT2D eigenvalue weighted by molar-refractivity contribution is 0.431. The number of hydrogen-bond acceptors (Lipinski definition) is 2. The normalized spacial score (nSPS) is 11.9. The van der Waals surface area contributed by atoms with Crippen LogP contribution in [-0.4, -0.2) is 11.4 Å². The van der Waals surface area contributed by atoms with Crippen molar-refractivity contribution in [1.82, 2.24) is 5.32 Å². The Morgan fingerprint density at radius 3 is 2.83 bits per heavy atom. The van der Waals surface area contributed by atoms with E-state index in [9.17, 15) is 0 Å². The molecule has 0 unspecified atom stereocenters. The van der Waals surface area contributed by atoms with Gasteiger partial charge in [-0.15, -0.1) is 22.9 Å². The average molecular weight is 204 g/mol. The van der Waals surface area contributed by atoms with Crippen molar-refractivity contribution in [2.24, 2.45) is 0 Å². The highest BCUT2D eigenvalue weighted by Gasteiger charge is 2.14. The minimum absolute atomic E-state index is 0.0333. The maximum absolute atomic E-state index is 5.77. The molecule has 0 bridgehead atoms. The molecular weight excluding hydrogens is 190 g/mol. The SMILES string of the molecule is CC(C)(CCl)NCc1cccs1. The first-order valence-electron chi connectivity index (χ1n) is 3.97. The predicted octanol–water partition coefficient (Wildman–Crippen LogP) is 2.86. The maximum Gasteiger partial charge on any atom is 0.0400 e. The zero-order valence-electron chi connectivity index (χ0n) is 7.43. The van der Waals surface area contributed by atoms with E-state index in [0.717, 1.165) is 6.54 Å². The van der Waals surface area contributed by atoms with E-state index in [1.807, 2.05) is 0 Å². The molecular formula is C9H14ClNS. The Labute approximate surface area is 82.7 Å². The Morgan fingerprint density at radius 2 is 2.33 bits per heavy atom. The van der Waals surface area contributed by atoms with Crippen molar-refractivity contribution in [1.29, 1.82) is 0 Å². The van der Waals surface area contributed by atoms with Crippen molar-refractivity contribution in [2.45, 2.75) is 25.9 Å². The zero-order chi connectivity index (χ0) is 9.03. The van der Waals surface area contributed by atoms with E-state index in [-0.39, 0.29) is 5.54 Å². The molecule has 0 radical (unpaired) electrons. The lowest BCUT2D eigenvalue weighted by Crippen LogP contribution is -2.40. The Bertz CT molecular complexity index is 218. The number of alkyl halides is 1. The van der Waals surface area contributed by atoms with Crippen LogP contribution in [0.3, 0.4) is 0 Å². The van der Waals surface area contributed by atoms with Gasteiger partial charge in [-0.1, -0.05) is 6.07 Å². The van der Waals surface area contributed by atoms with E-state index >= 15 is 0 Å². The summed E-state index contributed by atoms with van der Waals surface area (Å²) in [5.41, 5.74) is 0.0333. The Balaban J connectivity index is 2.36. The van der Waals surface area contributed by atoms with E-state index in [4.69, 9.17) is 11.6 Å². The summed E-state index contributed by atoms with van der Waals surface area (Å²) in [6.45, 7) is 5.12. The van der Waals surface area contributed by atoms with Crippen LogP contribution in [0.25, 0.3) is 0 Å². The second-order valence-corrected chi connectivity index (χ2v) is 4.75. The molecule has 0 spiro atoms. The van der Waals surface area contributed by atoms with Crippen molar-refractivity contribution >= 4 is 22.9 Å². The molecule has 0 aliphatic carbocycles. The predicted molar refractivity (Wildman–Crippen MR) is 56.0 cm³/mol. The van der Waals surface area contributed by atoms with Gasteiger partial charge in [-0.2, -0.15) is 0 Å². The maximum atomic E-state index is 5.77. The Morgan fingerprint density at radius 1 is 1.58 bits per heavy atom. The van der Waals surface area contributed by atoms with Gasteiger partial charge in [0.1, 0.15) is 0 Å². The minimum Gasteiger partial charge on any atom is -0.306 e. The quantitative estimate of drug-likeness (QED) is 0.743. The van der Waals surface area contributed by atoms with E-state index < -0.39 is 0 Å². The van der Waals surface area contributed by atoms with Crippen molar-refractivity contribution in [3.05, 3.63) is 22.4 Å². The Kier molecular flexibility index (Phi) is 3.56. The fourth-order valence-corrected chi connectivity index (χ4v) is 1.53. The molecule has 0 aromatic carbocycles. The molecule has 3 heteroatoms. The van der Waals surface area contributed by atoms with Gasteiger partial charge >= 0.3 is 0 Å². The van der Waals surface area contributed by atoms with Crippen LogP contribution in [-0.2, 0) is 6.54 Å². The molecule has 0 amide bonds. The summed E-state index contributed by atoms with van der Waals surface area (Å²) >= 11 is 7.54. The van der Waals surface area contributed by atoms with Gasteiger partial charge in [0, 0.05) is 22.8 Å². The van der Waals surface area contributed by atoms with Gasteiger partial charge in [-0.05, 0) is 25.3 Å². The van der Waals surface area contributed by atoms with Gasteiger partial charge < -0.3 is 5.32 Å². The lowest BCUT2D eigenvalue weighted by Gasteiger charge is -2.22. The van der Waals surface area contributed by atoms with Crippen molar-refractivity contribution in [3.63, 3.8) is 0 Å². The van der Waals surface area contributed by atoms with Gasteiger partial charge in [0.15, 0.2) is 0 Å². The molecule has 1 aromatic rings. The summed E-state index contributed by atoms with van der Waals surface area (Å²) in [6, 6.07) is 4.19. The monoisotopic (exact) mass is 203 g/mol. The van der Waals surface area contributed by atoms with Crippen LogP contribution in [0.5, 0.6) is 0 Å². The highest BCUT2D eigenvalue weighted by Crippen LogP contribution is 2.11. The first-order valence-corrected chi connectivity index (χ1v) is 5.39. The molecule has 0 atom stereocenters. The van der Waals surface area contributed by atoms with Gasteiger partial charge in [0.25, 0.3) is 0 Å². The highest BCUT2D eigenvalue weighted by atomic mass is 35.5. The third kappa shape index (κ3) is 3.13. The zero-order valence-corrected chi connectivity index (χ0v) is 9.00. The molecule has 1 aromatic heterocycles. The molecule has 0 fully saturated rings. The lowest BCUT2D eigenvalue weighted by atomic mass is 10.1. The minimum atomic E-state index is 0.0333. The van der Waals surface area contributed by atoms with E-state index in [2.05, 4.69) is 36.7 Å². The van der Waals surface area contributed by atoms with Crippen molar-refractivity contribution in [2.75, 3.05) is 5.88 Å². The molecule has 1 N–H and O–H groups in total. The summed E-state index contributed by atoms with van der Waals surface area (Å²) in [7, 11) is 0. The average Bonchev–Trinajstić information content (AvgIpc) is 2.53. The summed E-state index contributed by atoms with van der Waals surface area (Å²) < 4.78 is 0. The van der Waals surface area contributed by atoms with Crippen LogP contribution in [0.4, 0.5) is 0 Å². The molecule has 0 saturated carbocycles. The van der Waals surface area contributed by atoms with Gasteiger partial charge in [0.2, 0.25) is 0 Å². The van der Waals surface area contributed by atoms with E-state index in [1.54, 1.807) is 11.3 Å². The molecule has 1 nitrogen and oxygen atoms in total. The first kappa shape index (κ1) is 10.0. The number of rotatable bonds is 4. The number of hydrogen-bond donors (Lipinski definition) is 1. The fraction of sp³-hybridized carbons (Fsp3) is 0.556. The second kappa shape index (κ2) is 4.26. The smallest absolute Gasteiger partial charge is 0.0400 e. The van der Waals surface area contributed by atoms with Crippen molar-refractivity contribution in [3.8, 4) is 0 Å². The molecule has 68 valence electrons. The Hall–Kier alpha value is -0.0500. The summed E-state index contributed by atoms with van der Waals surface area (Å²) in [4.78, 5) is 1.35. The van der Waals surface area contributed by atoms with Crippen LogP contribution in [0.15, 0.2) is 17.5 Å². The topological polar surface area (TPSA) is 12.0 Å². The largest absolute Gasteiger partial charge is 0.306 e.